The van der Waals surface area contributed by atoms with Crippen LogP contribution in [0.15, 0.2) is 39.8 Å². The van der Waals surface area contributed by atoms with E-state index in [1.165, 1.54) is 11.1 Å². The summed E-state index contributed by atoms with van der Waals surface area (Å²) in [6.45, 7) is 2.14. The van der Waals surface area contributed by atoms with Crippen LogP contribution in [0.2, 0.25) is 0 Å². The maximum atomic E-state index is 6.25. The fraction of sp³-hybridized carbons (Fsp3) is 0.250. The minimum absolute atomic E-state index is 0.0324. The monoisotopic (exact) mass is 296 g/mol. The maximum Gasteiger partial charge on any atom is 0.0701 e. The lowest BCUT2D eigenvalue weighted by atomic mass is 9.91. The van der Waals surface area contributed by atoms with Crippen molar-refractivity contribution in [1.82, 2.24) is 4.98 Å². The molecule has 0 amide bonds. The third kappa shape index (κ3) is 2.51. The lowest BCUT2D eigenvalue weighted by Crippen LogP contribution is -2.16. The first kappa shape index (κ1) is 11.8. The molecule has 84 valence electrons. The first-order valence-corrected chi connectivity index (χ1v) is 6.75. The normalized spacial score (nSPS) is 14.7. The van der Waals surface area contributed by atoms with Gasteiger partial charge in [-0.25, -0.2) is 0 Å². The number of nitrogens with two attached hydrogens (primary N) is 1. The van der Waals surface area contributed by atoms with Crippen LogP contribution in [-0.4, -0.2) is 4.98 Å². The van der Waals surface area contributed by atoms with Crippen LogP contribution in [0.5, 0.6) is 0 Å². The van der Waals surface area contributed by atoms with E-state index in [1.54, 1.807) is 11.3 Å². The van der Waals surface area contributed by atoms with Gasteiger partial charge in [0.05, 0.1) is 3.79 Å². The van der Waals surface area contributed by atoms with Gasteiger partial charge in [-0.3, -0.25) is 4.98 Å². The molecule has 2 aromatic rings. The molecular weight excluding hydrogens is 284 g/mol. The topological polar surface area (TPSA) is 38.9 Å². The summed E-state index contributed by atoms with van der Waals surface area (Å²) >= 11 is 5.13. The van der Waals surface area contributed by atoms with Crippen molar-refractivity contribution in [2.45, 2.75) is 18.9 Å². The Bertz CT molecular complexity index is 455. The zero-order valence-electron chi connectivity index (χ0n) is 8.93. The second-order valence-electron chi connectivity index (χ2n) is 3.78. The fourth-order valence-corrected chi connectivity index (χ4v) is 2.88. The van der Waals surface area contributed by atoms with Gasteiger partial charge in [0.15, 0.2) is 0 Å². The molecule has 0 aliphatic rings. The van der Waals surface area contributed by atoms with Crippen LogP contribution in [0, 0.1) is 0 Å². The van der Waals surface area contributed by atoms with Crippen molar-refractivity contribution in [2.75, 3.05) is 0 Å². The van der Waals surface area contributed by atoms with Crippen LogP contribution >= 0.6 is 27.3 Å². The number of rotatable bonds is 3. The highest BCUT2D eigenvalue weighted by atomic mass is 79.9. The van der Waals surface area contributed by atoms with Gasteiger partial charge in [-0.05, 0) is 50.6 Å². The molecule has 0 fully saturated rings. The molecule has 2 aromatic heterocycles. The van der Waals surface area contributed by atoms with Crippen molar-refractivity contribution in [2.24, 2.45) is 5.73 Å². The molecule has 0 saturated heterocycles. The molecule has 0 radical (unpaired) electrons. The molecule has 2 rings (SSSR count). The molecule has 2 heterocycles. The summed E-state index contributed by atoms with van der Waals surface area (Å²) in [5.41, 5.74) is 8.66. The van der Waals surface area contributed by atoms with Gasteiger partial charge in [-0.15, -0.1) is 11.3 Å². The molecule has 0 aliphatic carbocycles. The van der Waals surface area contributed by atoms with Crippen LogP contribution in [0.3, 0.4) is 0 Å². The van der Waals surface area contributed by atoms with Gasteiger partial charge in [-0.1, -0.05) is 6.92 Å². The highest BCUT2D eigenvalue weighted by Crippen LogP contribution is 2.32. The van der Waals surface area contributed by atoms with Crippen LogP contribution < -0.4 is 5.73 Å². The lowest BCUT2D eigenvalue weighted by Gasteiger charge is -2.19. The van der Waals surface area contributed by atoms with E-state index in [4.69, 9.17) is 5.73 Å². The molecule has 16 heavy (non-hydrogen) atoms. The number of nitrogens with zero attached hydrogens (tertiary/aromatic N) is 1. The van der Waals surface area contributed by atoms with Gasteiger partial charge < -0.3 is 5.73 Å². The average molecular weight is 297 g/mol. The molecule has 2 unspecified atom stereocenters. The molecule has 0 aromatic carbocycles. The quantitative estimate of drug-likeness (QED) is 0.938. The van der Waals surface area contributed by atoms with Gasteiger partial charge in [-0.2, -0.15) is 0 Å². The summed E-state index contributed by atoms with van der Waals surface area (Å²) in [5.74, 6) is 0.296. The zero-order chi connectivity index (χ0) is 11.5. The Labute approximate surface area is 108 Å². The highest BCUT2D eigenvalue weighted by Gasteiger charge is 2.17. The third-order valence-corrected chi connectivity index (χ3v) is 4.27. The van der Waals surface area contributed by atoms with Crippen LogP contribution in [-0.2, 0) is 0 Å². The molecule has 2 N–H and O–H groups in total. The molecule has 0 spiro atoms. The maximum absolute atomic E-state index is 6.25. The Balaban J connectivity index is 2.19. The van der Waals surface area contributed by atoms with E-state index in [0.717, 1.165) is 3.79 Å². The number of aromatic nitrogens is 1. The standard InChI is InChI=1S/C12H13BrN2S/c1-8(9-2-4-15-5-3-9)12(14)10-6-11(13)16-7-10/h2-8,12H,14H2,1H3. The van der Waals surface area contributed by atoms with Gasteiger partial charge >= 0.3 is 0 Å². The Kier molecular flexibility index (Phi) is 3.74. The van der Waals surface area contributed by atoms with Crippen molar-refractivity contribution in [3.8, 4) is 0 Å². The number of hydrogen-bond acceptors (Lipinski definition) is 3. The van der Waals surface area contributed by atoms with Crippen LogP contribution in [0.1, 0.15) is 30.0 Å². The smallest absolute Gasteiger partial charge is 0.0701 e. The summed E-state index contributed by atoms with van der Waals surface area (Å²) in [6, 6.07) is 6.16. The second kappa shape index (κ2) is 5.08. The van der Waals surface area contributed by atoms with Crippen LogP contribution in [0.4, 0.5) is 0 Å². The first-order chi connectivity index (χ1) is 7.68. The number of thiophene rings is 1. The van der Waals surface area contributed by atoms with Crippen molar-refractivity contribution in [1.29, 1.82) is 0 Å². The van der Waals surface area contributed by atoms with E-state index in [1.807, 2.05) is 24.5 Å². The van der Waals surface area contributed by atoms with E-state index in [2.05, 4.69) is 39.3 Å². The van der Waals surface area contributed by atoms with Gasteiger partial charge in [0.2, 0.25) is 0 Å². The number of pyridine rings is 1. The fourth-order valence-electron chi connectivity index (χ4n) is 1.66. The summed E-state index contributed by atoms with van der Waals surface area (Å²) in [4.78, 5) is 4.02. The third-order valence-electron chi connectivity index (χ3n) is 2.74. The summed E-state index contributed by atoms with van der Waals surface area (Å²) < 4.78 is 1.12. The van der Waals surface area contributed by atoms with Gasteiger partial charge in [0.25, 0.3) is 0 Å². The number of hydrogen-bond donors (Lipinski definition) is 1. The Morgan fingerprint density at radius 2 is 2.00 bits per heavy atom. The minimum Gasteiger partial charge on any atom is -0.323 e. The van der Waals surface area contributed by atoms with Crippen molar-refractivity contribution in [3.05, 3.63) is 50.9 Å². The first-order valence-electron chi connectivity index (χ1n) is 5.08. The van der Waals surface area contributed by atoms with Crippen LogP contribution in [0.25, 0.3) is 0 Å². The van der Waals surface area contributed by atoms with Gasteiger partial charge in [0, 0.05) is 24.4 Å². The largest absolute Gasteiger partial charge is 0.323 e. The van der Waals surface area contributed by atoms with Crippen molar-refractivity contribution >= 4 is 27.3 Å². The minimum atomic E-state index is 0.0324. The molecule has 2 atom stereocenters. The average Bonchev–Trinajstić information content (AvgIpc) is 2.75. The number of halogens is 1. The van der Waals surface area contributed by atoms with Crippen molar-refractivity contribution in [3.63, 3.8) is 0 Å². The second-order valence-corrected chi connectivity index (χ2v) is 6.07. The highest BCUT2D eigenvalue weighted by molar-refractivity contribution is 9.11. The Morgan fingerprint density at radius 3 is 2.56 bits per heavy atom. The van der Waals surface area contributed by atoms with Crippen molar-refractivity contribution < 1.29 is 0 Å². The molecule has 0 aliphatic heterocycles. The van der Waals surface area contributed by atoms with E-state index in [9.17, 15) is 0 Å². The van der Waals surface area contributed by atoms with E-state index in [0.29, 0.717) is 5.92 Å². The summed E-state index contributed by atoms with van der Waals surface area (Å²) in [6.07, 6.45) is 3.62. The zero-order valence-corrected chi connectivity index (χ0v) is 11.3. The molecule has 0 bridgehead atoms. The predicted octanol–water partition coefficient (Wildman–Crippen LogP) is 3.71. The van der Waals surface area contributed by atoms with E-state index < -0.39 is 0 Å². The Morgan fingerprint density at radius 1 is 1.31 bits per heavy atom. The molecule has 4 heteroatoms. The summed E-state index contributed by atoms with van der Waals surface area (Å²) in [5, 5.41) is 2.10. The SMILES string of the molecule is CC(c1ccncc1)C(N)c1csc(Br)c1. The summed E-state index contributed by atoms with van der Waals surface area (Å²) in [7, 11) is 0. The lowest BCUT2D eigenvalue weighted by molar-refractivity contribution is 0.599. The molecular formula is C12H13BrN2S. The van der Waals surface area contributed by atoms with Gasteiger partial charge in [0.1, 0.15) is 0 Å². The van der Waals surface area contributed by atoms with E-state index >= 15 is 0 Å². The Hall–Kier alpha value is -0.710. The predicted molar refractivity (Wildman–Crippen MR) is 71.6 cm³/mol. The van der Waals surface area contributed by atoms with E-state index in [-0.39, 0.29) is 6.04 Å². The molecule has 2 nitrogen and oxygen atoms in total. The molecule has 0 saturated carbocycles.